The number of anilines is 1. The van der Waals surface area contributed by atoms with E-state index in [1.54, 1.807) is 13.1 Å². The number of amides is 1. The number of carbonyl (C=O) groups is 1. The van der Waals surface area contributed by atoms with Gasteiger partial charge in [0.05, 0.1) is 11.2 Å². The smallest absolute Gasteiger partial charge is 0.408 e. The summed E-state index contributed by atoms with van der Waals surface area (Å²) in [6, 6.07) is 5.50. The van der Waals surface area contributed by atoms with Crippen molar-refractivity contribution in [3.05, 3.63) is 45.4 Å². The lowest BCUT2D eigenvalue weighted by Crippen LogP contribution is -2.12. The van der Waals surface area contributed by atoms with Gasteiger partial charge in [0.15, 0.2) is 10.7 Å². The molecule has 6 nitrogen and oxygen atoms in total. The van der Waals surface area contributed by atoms with Crippen LogP contribution in [0.15, 0.2) is 32.8 Å². The number of nitrogens with zero attached hydrogens (tertiary/aromatic N) is 2. The Bertz CT molecular complexity index is 891. The molecule has 0 unspecified atom stereocenters. The molecule has 0 saturated heterocycles. The molecule has 7 heteroatoms. The lowest BCUT2D eigenvalue weighted by Gasteiger charge is -2.03. The molecule has 0 bridgehead atoms. The average Bonchev–Trinajstić information content (AvgIpc) is 3.01. The van der Waals surface area contributed by atoms with Gasteiger partial charge in [0.2, 0.25) is 5.91 Å². The zero-order valence-electron chi connectivity index (χ0n) is 12.3. The van der Waals surface area contributed by atoms with Crippen molar-refractivity contribution in [3.63, 3.8) is 0 Å². The highest BCUT2D eigenvalue weighted by Gasteiger charge is 2.09. The van der Waals surface area contributed by atoms with Crippen molar-refractivity contribution >= 4 is 33.5 Å². The number of oxazole rings is 1. The Morgan fingerprint density at radius 1 is 1.45 bits per heavy atom. The zero-order chi connectivity index (χ0) is 15.7. The molecule has 0 radical (unpaired) electrons. The Kier molecular flexibility index (Phi) is 3.81. The molecule has 0 saturated carbocycles. The highest BCUT2D eigenvalue weighted by atomic mass is 32.1. The summed E-state index contributed by atoms with van der Waals surface area (Å²) in [5.74, 6) is -0.459. The van der Waals surface area contributed by atoms with Gasteiger partial charge in [0.25, 0.3) is 0 Å². The van der Waals surface area contributed by atoms with Crippen LogP contribution in [0.3, 0.4) is 0 Å². The Morgan fingerprint density at radius 2 is 2.27 bits per heavy atom. The fourth-order valence-corrected chi connectivity index (χ4v) is 2.88. The fourth-order valence-electron chi connectivity index (χ4n) is 2.18. The summed E-state index contributed by atoms with van der Waals surface area (Å²) in [6.07, 6.45) is 0.946. The van der Waals surface area contributed by atoms with Crippen molar-refractivity contribution in [1.82, 2.24) is 9.55 Å². The third kappa shape index (κ3) is 2.94. The molecule has 3 aromatic rings. The van der Waals surface area contributed by atoms with Crippen molar-refractivity contribution in [1.29, 1.82) is 0 Å². The number of nitrogens with one attached hydrogen (secondary N) is 1. The Balaban J connectivity index is 1.67. The van der Waals surface area contributed by atoms with Crippen molar-refractivity contribution in [3.8, 4) is 0 Å². The number of benzene rings is 1. The SMILES string of the molecule is Cc1csc(NC(=O)CCc2ccc3oc(=O)n(C)c3c2)n1. The van der Waals surface area contributed by atoms with Gasteiger partial charge in [-0.3, -0.25) is 9.36 Å². The van der Waals surface area contributed by atoms with Crippen molar-refractivity contribution in [2.75, 3.05) is 5.32 Å². The minimum atomic E-state index is -0.385. The molecule has 114 valence electrons. The first kappa shape index (κ1) is 14.5. The first-order chi connectivity index (χ1) is 10.5. The van der Waals surface area contributed by atoms with Crippen LogP contribution in [0.4, 0.5) is 5.13 Å². The molecule has 0 atom stereocenters. The summed E-state index contributed by atoms with van der Waals surface area (Å²) >= 11 is 1.41. The van der Waals surface area contributed by atoms with Crippen LogP contribution >= 0.6 is 11.3 Å². The van der Waals surface area contributed by atoms with E-state index in [1.807, 2.05) is 24.4 Å². The maximum Gasteiger partial charge on any atom is 0.419 e. The first-order valence-electron chi connectivity index (χ1n) is 6.83. The highest BCUT2D eigenvalue weighted by molar-refractivity contribution is 7.13. The molecular formula is C15H15N3O3S. The number of aromatic nitrogens is 2. The maximum absolute atomic E-state index is 11.9. The van der Waals surface area contributed by atoms with Crippen LogP contribution in [-0.4, -0.2) is 15.5 Å². The summed E-state index contributed by atoms with van der Waals surface area (Å²) in [4.78, 5) is 27.6. The topological polar surface area (TPSA) is 77.1 Å². The van der Waals surface area contributed by atoms with Gasteiger partial charge in [-0.2, -0.15) is 0 Å². The number of hydrogen-bond donors (Lipinski definition) is 1. The normalized spacial score (nSPS) is 11.0. The molecule has 2 heterocycles. The second kappa shape index (κ2) is 5.76. The number of aryl methyl sites for hydroxylation is 3. The van der Waals surface area contributed by atoms with Gasteiger partial charge >= 0.3 is 5.76 Å². The fraction of sp³-hybridized carbons (Fsp3) is 0.267. The lowest BCUT2D eigenvalue weighted by atomic mass is 10.1. The van der Waals surface area contributed by atoms with Crippen molar-refractivity contribution in [2.24, 2.45) is 7.05 Å². The van der Waals surface area contributed by atoms with Crippen LogP contribution in [0.5, 0.6) is 0 Å². The third-order valence-electron chi connectivity index (χ3n) is 3.36. The van der Waals surface area contributed by atoms with E-state index in [0.717, 1.165) is 16.8 Å². The number of rotatable bonds is 4. The van der Waals surface area contributed by atoms with Gasteiger partial charge in [-0.05, 0) is 31.0 Å². The highest BCUT2D eigenvalue weighted by Crippen LogP contribution is 2.17. The van der Waals surface area contributed by atoms with E-state index < -0.39 is 0 Å². The number of thiazole rings is 1. The molecule has 3 rings (SSSR count). The van der Waals surface area contributed by atoms with E-state index in [1.165, 1.54) is 15.9 Å². The Morgan fingerprint density at radius 3 is 3.00 bits per heavy atom. The van der Waals surface area contributed by atoms with Crippen LogP contribution in [0.2, 0.25) is 0 Å². The molecule has 22 heavy (non-hydrogen) atoms. The van der Waals surface area contributed by atoms with Gasteiger partial charge in [0.1, 0.15) is 0 Å². The van der Waals surface area contributed by atoms with Crippen LogP contribution in [0.1, 0.15) is 17.7 Å². The monoisotopic (exact) mass is 317 g/mol. The minimum absolute atomic E-state index is 0.0736. The maximum atomic E-state index is 11.9. The third-order valence-corrected chi connectivity index (χ3v) is 4.24. The van der Waals surface area contributed by atoms with Gasteiger partial charge in [-0.1, -0.05) is 6.07 Å². The van der Waals surface area contributed by atoms with E-state index >= 15 is 0 Å². The Labute approximate surface area is 130 Å². The molecule has 0 fully saturated rings. The van der Waals surface area contributed by atoms with Crippen LogP contribution < -0.4 is 11.1 Å². The van der Waals surface area contributed by atoms with Crippen LogP contribution in [-0.2, 0) is 18.3 Å². The molecule has 0 aliphatic rings. The average molecular weight is 317 g/mol. The largest absolute Gasteiger partial charge is 0.419 e. The molecule has 1 aromatic carbocycles. The molecule has 1 N–H and O–H groups in total. The molecule has 0 aliphatic heterocycles. The standard InChI is InChI=1S/C15H15N3O3S/c1-9-8-22-14(16-9)17-13(19)6-4-10-3-5-12-11(7-10)18(2)15(20)21-12/h3,5,7-8H,4,6H2,1-2H3,(H,16,17,19). The number of fused-ring (bicyclic) bond motifs is 1. The second-order valence-corrected chi connectivity index (χ2v) is 5.93. The predicted molar refractivity (Wildman–Crippen MR) is 85.3 cm³/mol. The summed E-state index contributed by atoms with van der Waals surface area (Å²) < 4.78 is 6.54. The van der Waals surface area contributed by atoms with E-state index in [-0.39, 0.29) is 11.7 Å². The van der Waals surface area contributed by atoms with Gasteiger partial charge in [-0.15, -0.1) is 11.3 Å². The first-order valence-corrected chi connectivity index (χ1v) is 7.71. The van der Waals surface area contributed by atoms with E-state index in [0.29, 0.717) is 23.6 Å². The van der Waals surface area contributed by atoms with E-state index in [4.69, 9.17) is 4.42 Å². The Hall–Kier alpha value is -2.41. The lowest BCUT2D eigenvalue weighted by molar-refractivity contribution is -0.116. The van der Waals surface area contributed by atoms with Gasteiger partial charge in [-0.25, -0.2) is 9.78 Å². The van der Waals surface area contributed by atoms with Crippen molar-refractivity contribution < 1.29 is 9.21 Å². The summed E-state index contributed by atoms with van der Waals surface area (Å²) in [5, 5.41) is 5.29. The zero-order valence-corrected chi connectivity index (χ0v) is 13.1. The minimum Gasteiger partial charge on any atom is -0.408 e. The van der Waals surface area contributed by atoms with Crippen molar-refractivity contribution in [2.45, 2.75) is 19.8 Å². The summed E-state index contributed by atoms with van der Waals surface area (Å²) in [5.41, 5.74) is 3.17. The summed E-state index contributed by atoms with van der Waals surface area (Å²) in [7, 11) is 1.66. The second-order valence-electron chi connectivity index (χ2n) is 5.07. The molecule has 0 spiro atoms. The molecular weight excluding hydrogens is 302 g/mol. The van der Waals surface area contributed by atoms with E-state index in [2.05, 4.69) is 10.3 Å². The van der Waals surface area contributed by atoms with Gasteiger partial charge < -0.3 is 9.73 Å². The van der Waals surface area contributed by atoms with Gasteiger partial charge in [0, 0.05) is 18.8 Å². The number of hydrogen-bond acceptors (Lipinski definition) is 5. The molecule has 1 amide bonds. The number of carbonyl (C=O) groups excluding carboxylic acids is 1. The van der Waals surface area contributed by atoms with Crippen LogP contribution in [0, 0.1) is 6.92 Å². The molecule has 0 aliphatic carbocycles. The van der Waals surface area contributed by atoms with E-state index in [9.17, 15) is 9.59 Å². The quantitative estimate of drug-likeness (QED) is 0.802. The predicted octanol–water partition coefficient (Wildman–Crippen LogP) is 2.47. The molecule has 2 aromatic heterocycles. The summed E-state index contributed by atoms with van der Waals surface area (Å²) in [6.45, 7) is 1.89. The van der Waals surface area contributed by atoms with Crippen LogP contribution in [0.25, 0.3) is 11.1 Å².